The summed E-state index contributed by atoms with van der Waals surface area (Å²) < 4.78 is 33.5. The third-order valence-corrected chi connectivity index (χ3v) is 7.59. The summed E-state index contributed by atoms with van der Waals surface area (Å²) in [4.78, 5) is 48.7. The summed E-state index contributed by atoms with van der Waals surface area (Å²) in [6.07, 6.45) is 5.97. The van der Waals surface area contributed by atoms with E-state index in [1.54, 1.807) is 36.4 Å². The fourth-order valence-corrected chi connectivity index (χ4v) is 4.44. The number of carbonyl (C=O) groups is 4. The molecular weight excluding hydrogens is 676 g/mol. The van der Waals surface area contributed by atoms with Crippen molar-refractivity contribution in [3.63, 3.8) is 0 Å². The average molecular weight is 743 g/mol. The molecule has 10 nitrogen and oxygen atoms in total. The fraction of sp³-hybridized carbons (Fsp3) is 0.628. The zero-order chi connectivity index (χ0) is 39.9. The molecule has 298 valence electrons. The van der Waals surface area contributed by atoms with Crippen molar-refractivity contribution in [1.29, 1.82) is 0 Å². The molecule has 0 aromatic heterocycles. The van der Waals surface area contributed by atoms with Gasteiger partial charge in [0.2, 0.25) is 11.5 Å². The second-order valence-electron chi connectivity index (χ2n) is 15.2. The van der Waals surface area contributed by atoms with Crippen LogP contribution >= 0.6 is 0 Å². The van der Waals surface area contributed by atoms with Crippen LogP contribution in [0.25, 0.3) is 0 Å². The molecule has 0 unspecified atom stereocenters. The zero-order valence-electron chi connectivity index (χ0n) is 34.2. The highest BCUT2D eigenvalue weighted by Crippen LogP contribution is 2.39. The van der Waals surface area contributed by atoms with Crippen LogP contribution in [0.5, 0.6) is 34.5 Å². The van der Waals surface area contributed by atoms with Gasteiger partial charge < -0.3 is 28.4 Å². The first-order chi connectivity index (χ1) is 25.0. The SMILES string of the molecule is CC(C)CCC(=O)Oc1cccc(OC(C)C)c1OC(=O)CCC(C)C.CCCCOc1cccc(OC(=O)CCC(C)C)c1OC(=O)CCC(C)C. The lowest BCUT2D eigenvalue weighted by molar-refractivity contribution is -0.137. The summed E-state index contributed by atoms with van der Waals surface area (Å²) in [5.41, 5.74) is 0. The Hall–Kier alpha value is -4.08. The maximum atomic E-state index is 12.2. The van der Waals surface area contributed by atoms with E-state index >= 15 is 0 Å². The molecular formula is C43H66O10. The van der Waals surface area contributed by atoms with Crippen molar-refractivity contribution in [1.82, 2.24) is 0 Å². The summed E-state index contributed by atoms with van der Waals surface area (Å²) in [7, 11) is 0. The Bertz CT molecular complexity index is 1390. The molecule has 0 aliphatic rings. The van der Waals surface area contributed by atoms with Gasteiger partial charge in [-0.25, -0.2) is 0 Å². The van der Waals surface area contributed by atoms with E-state index in [0.29, 0.717) is 67.5 Å². The first-order valence-corrected chi connectivity index (χ1v) is 19.4. The standard InChI is InChI=1S/C22H34O5.C21H32O5/c1-6-7-15-25-18-9-8-10-19(26-20(23)13-11-16(2)3)22(18)27-21(24)14-12-17(4)5;1-14(2)10-12-19(22)25-18-9-7-8-17(24-16(5)6)21(18)26-20(23)13-11-15(3)4/h8-10,16-17H,6-7,11-15H2,1-5H3;7-9,14-16H,10-13H2,1-6H3. The minimum atomic E-state index is -0.363. The molecule has 2 rings (SSSR count). The van der Waals surface area contributed by atoms with Crippen molar-refractivity contribution in [2.24, 2.45) is 23.7 Å². The number of ether oxygens (including phenoxy) is 6. The van der Waals surface area contributed by atoms with Crippen LogP contribution in [0.3, 0.4) is 0 Å². The molecule has 0 atom stereocenters. The monoisotopic (exact) mass is 742 g/mol. The van der Waals surface area contributed by atoms with Crippen LogP contribution in [0.1, 0.15) is 140 Å². The molecule has 10 heteroatoms. The third-order valence-electron chi connectivity index (χ3n) is 7.59. The normalized spacial score (nSPS) is 11.0. The number of para-hydroxylation sites is 2. The Kier molecular flexibility index (Phi) is 22.9. The largest absolute Gasteiger partial charge is 0.490 e. The van der Waals surface area contributed by atoms with Crippen LogP contribution in [0.2, 0.25) is 0 Å². The van der Waals surface area contributed by atoms with Gasteiger partial charge in [0.1, 0.15) is 0 Å². The van der Waals surface area contributed by atoms with Crippen LogP contribution < -0.4 is 28.4 Å². The van der Waals surface area contributed by atoms with E-state index < -0.39 is 0 Å². The Labute approximate surface area is 318 Å². The van der Waals surface area contributed by atoms with E-state index in [1.807, 2.05) is 41.5 Å². The maximum absolute atomic E-state index is 12.2. The van der Waals surface area contributed by atoms with Crippen LogP contribution in [-0.4, -0.2) is 36.6 Å². The molecule has 0 amide bonds. The molecule has 0 aliphatic carbocycles. The lowest BCUT2D eigenvalue weighted by Crippen LogP contribution is -2.15. The third kappa shape index (κ3) is 21.3. The molecule has 0 radical (unpaired) electrons. The first kappa shape index (κ1) is 46.9. The Morgan fingerprint density at radius 2 is 0.830 bits per heavy atom. The number of carbonyl (C=O) groups excluding carboxylic acids is 4. The smallest absolute Gasteiger partial charge is 0.311 e. The average Bonchev–Trinajstić information content (AvgIpc) is 3.07. The lowest BCUT2D eigenvalue weighted by atomic mass is 10.1. The molecule has 0 aliphatic heterocycles. The molecule has 0 fully saturated rings. The van der Waals surface area contributed by atoms with Crippen molar-refractivity contribution < 1.29 is 47.6 Å². The van der Waals surface area contributed by atoms with Crippen molar-refractivity contribution >= 4 is 23.9 Å². The van der Waals surface area contributed by atoms with Gasteiger partial charge in [0, 0.05) is 25.7 Å². The van der Waals surface area contributed by atoms with Crippen LogP contribution in [0, 0.1) is 23.7 Å². The minimum Gasteiger partial charge on any atom is -0.490 e. The number of esters is 4. The quantitative estimate of drug-likeness (QED) is 0.0654. The second kappa shape index (κ2) is 25.8. The van der Waals surface area contributed by atoms with Gasteiger partial charge in [-0.15, -0.1) is 0 Å². The van der Waals surface area contributed by atoms with E-state index in [2.05, 4.69) is 34.6 Å². The van der Waals surface area contributed by atoms with Crippen LogP contribution in [0.15, 0.2) is 36.4 Å². The van der Waals surface area contributed by atoms with E-state index in [-0.39, 0.29) is 53.0 Å². The first-order valence-electron chi connectivity index (χ1n) is 19.4. The summed E-state index contributed by atoms with van der Waals surface area (Å²) >= 11 is 0. The zero-order valence-corrected chi connectivity index (χ0v) is 34.2. The predicted molar refractivity (Wildman–Crippen MR) is 208 cm³/mol. The van der Waals surface area contributed by atoms with Gasteiger partial charge in [-0.2, -0.15) is 0 Å². The fourth-order valence-electron chi connectivity index (χ4n) is 4.44. The minimum absolute atomic E-state index is 0.102. The highest BCUT2D eigenvalue weighted by molar-refractivity contribution is 5.78. The second-order valence-corrected chi connectivity index (χ2v) is 15.2. The Balaban J connectivity index is 0.000000530. The van der Waals surface area contributed by atoms with Crippen molar-refractivity contribution in [3.05, 3.63) is 36.4 Å². The van der Waals surface area contributed by atoms with Crippen molar-refractivity contribution in [2.75, 3.05) is 6.61 Å². The highest BCUT2D eigenvalue weighted by Gasteiger charge is 2.21. The number of benzene rings is 2. The number of hydrogen-bond donors (Lipinski definition) is 0. The Morgan fingerprint density at radius 1 is 0.491 bits per heavy atom. The molecule has 0 saturated carbocycles. The summed E-state index contributed by atoms with van der Waals surface area (Å²) in [5, 5.41) is 0. The van der Waals surface area contributed by atoms with Crippen molar-refractivity contribution in [3.8, 4) is 34.5 Å². The topological polar surface area (TPSA) is 124 Å². The molecule has 0 spiro atoms. The maximum Gasteiger partial charge on any atom is 0.311 e. The number of unbranched alkanes of at least 4 members (excludes halogenated alkanes) is 1. The number of hydrogen-bond acceptors (Lipinski definition) is 10. The molecule has 0 bridgehead atoms. The van der Waals surface area contributed by atoms with Gasteiger partial charge in [0.15, 0.2) is 23.0 Å². The predicted octanol–water partition coefficient (Wildman–Crippen LogP) is 10.7. The molecule has 0 saturated heterocycles. The summed E-state index contributed by atoms with van der Waals surface area (Å²) in [6, 6.07) is 10.1. The van der Waals surface area contributed by atoms with Gasteiger partial charge in [-0.3, -0.25) is 19.2 Å². The van der Waals surface area contributed by atoms with Gasteiger partial charge in [-0.1, -0.05) is 80.9 Å². The van der Waals surface area contributed by atoms with E-state index in [0.717, 1.165) is 38.5 Å². The molecule has 53 heavy (non-hydrogen) atoms. The molecule has 2 aromatic rings. The van der Waals surface area contributed by atoms with Gasteiger partial charge in [0.25, 0.3) is 0 Å². The highest BCUT2D eigenvalue weighted by atomic mass is 16.6. The lowest BCUT2D eigenvalue weighted by Gasteiger charge is -2.17. The summed E-state index contributed by atoms with van der Waals surface area (Å²) in [5.74, 6) is 1.86. The van der Waals surface area contributed by atoms with E-state index in [9.17, 15) is 19.2 Å². The molecule has 0 heterocycles. The van der Waals surface area contributed by atoms with Gasteiger partial charge in [-0.05, 0) is 93.9 Å². The van der Waals surface area contributed by atoms with E-state index in [4.69, 9.17) is 28.4 Å². The Morgan fingerprint density at radius 3 is 1.19 bits per heavy atom. The molecule has 2 aromatic carbocycles. The number of rotatable bonds is 22. The van der Waals surface area contributed by atoms with Crippen LogP contribution in [-0.2, 0) is 19.2 Å². The van der Waals surface area contributed by atoms with Crippen LogP contribution in [0.4, 0.5) is 0 Å². The van der Waals surface area contributed by atoms with Gasteiger partial charge in [0.05, 0.1) is 12.7 Å². The van der Waals surface area contributed by atoms with E-state index in [1.165, 1.54) is 0 Å². The van der Waals surface area contributed by atoms with Crippen molar-refractivity contribution in [2.45, 2.75) is 146 Å². The summed E-state index contributed by atoms with van der Waals surface area (Å²) in [6.45, 7) is 22.7. The molecule has 0 N–H and O–H groups in total. The van der Waals surface area contributed by atoms with Gasteiger partial charge >= 0.3 is 23.9 Å².